The number of hydrogen-bond donors (Lipinski definition) is 1. The molecule has 0 aliphatic rings. The van der Waals surface area contributed by atoms with Gasteiger partial charge >= 0.3 is 0 Å². The lowest BCUT2D eigenvalue weighted by Crippen LogP contribution is -2.06. The zero-order valence-corrected chi connectivity index (χ0v) is 11.3. The first kappa shape index (κ1) is 13.9. The highest BCUT2D eigenvalue weighted by Gasteiger charge is 2.12. The van der Waals surface area contributed by atoms with Crippen LogP contribution in [0.25, 0.3) is 0 Å². The molecule has 0 saturated carbocycles. The van der Waals surface area contributed by atoms with Gasteiger partial charge in [0.05, 0.1) is 12.3 Å². The number of aryl methyl sites for hydroxylation is 2. The SMILES string of the molecule is CCCCCCCOc1c(N)c(C)nn1CC. The van der Waals surface area contributed by atoms with Crippen molar-refractivity contribution >= 4 is 5.69 Å². The van der Waals surface area contributed by atoms with Crippen molar-refractivity contribution in [2.24, 2.45) is 0 Å². The molecule has 0 aliphatic carbocycles. The monoisotopic (exact) mass is 239 g/mol. The summed E-state index contributed by atoms with van der Waals surface area (Å²) in [5.41, 5.74) is 7.47. The lowest BCUT2D eigenvalue weighted by atomic mass is 10.2. The van der Waals surface area contributed by atoms with E-state index < -0.39 is 0 Å². The number of nitrogen functional groups attached to an aromatic ring is 1. The van der Waals surface area contributed by atoms with Crippen molar-refractivity contribution < 1.29 is 4.74 Å². The number of nitrogens with two attached hydrogens (primary N) is 1. The van der Waals surface area contributed by atoms with E-state index in [9.17, 15) is 0 Å². The molecule has 17 heavy (non-hydrogen) atoms. The van der Waals surface area contributed by atoms with Gasteiger partial charge in [0, 0.05) is 6.54 Å². The summed E-state index contributed by atoms with van der Waals surface area (Å²) in [4.78, 5) is 0. The summed E-state index contributed by atoms with van der Waals surface area (Å²) < 4.78 is 7.57. The minimum absolute atomic E-state index is 0.681. The van der Waals surface area contributed by atoms with Gasteiger partial charge in [-0.25, -0.2) is 4.68 Å². The number of anilines is 1. The summed E-state index contributed by atoms with van der Waals surface area (Å²) in [6, 6.07) is 0. The quantitative estimate of drug-likeness (QED) is 0.709. The number of nitrogens with zero attached hydrogens (tertiary/aromatic N) is 2. The smallest absolute Gasteiger partial charge is 0.236 e. The second-order valence-electron chi connectivity index (χ2n) is 4.38. The maximum absolute atomic E-state index is 5.93. The number of unbranched alkanes of at least 4 members (excludes halogenated alkanes) is 4. The molecule has 0 atom stereocenters. The van der Waals surface area contributed by atoms with Crippen molar-refractivity contribution in [3.8, 4) is 5.88 Å². The Morgan fingerprint density at radius 1 is 1.18 bits per heavy atom. The zero-order chi connectivity index (χ0) is 12.7. The van der Waals surface area contributed by atoms with Gasteiger partial charge in [-0.3, -0.25) is 0 Å². The van der Waals surface area contributed by atoms with Crippen LogP contribution in [-0.2, 0) is 6.54 Å². The van der Waals surface area contributed by atoms with Crippen LogP contribution in [0.3, 0.4) is 0 Å². The summed E-state index contributed by atoms with van der Waals surface area (Å²) in [5.74, 6) is 0.737. The average Bonchev–Trinajstić information content (AvgIpc) is 2.60. The van der Waals surface area contributed by atoms with Gasteiger partial charge in [-0.15, -0.1) is 0 Å². The van der Waals surface area contributed by atoms with Crippen LogP contribution in [0.5, 0.6) is 5.88 Å². The molecule has 1 aromatic rings. The molecule has 0 saturated heterocycles. The predicted octanol–water partition coefficient (Wildman–Crippen LogP) is 3.14. The number of ether oxygens (including phenoxy) is 1. The molecule has 98 valence electrons. The highest BCUT2D eigenvalue weighted by Crippen LogP contribution is 2.24. The molecule has 0 aliphatic heterocycles. The van der Waals surface area contributed by atoms with Crippen molar-refractivity contribution in [1.82, 2.24) is 9.78 Å². The third-order valence-electron chi connectivity index (χ3n) is 2.91. The van der Waals surface area contributed by atoms with Gasteiger partial charge in [0.15, 0.2) is 0 Å². The summed E-state index contributed by atoms with van der Waals surface area (Å²) in [6.07, 6.45) is 6.20. The van der Waals surface area contributed by atoms with Gasteiger partial charge in [0.1, 0.15) is 5.69 Å². The third kappa shape index (κ3) is 3.95. The summed E-state index contributed by atoms with van der Waals surface area (Å²) in [7, 11) is 0. The molecule has 0 amide bonds. The van der Waals surface area contributed by atoms with Crippen molar-refractivity contribution in [3.63, 3.8) is 0 Å². The van der Waals surface area contributed by atoms with Crippen molar-refractivity contribution in [2.45, 2.75) is 59.4 Å². The Bertz CT molecular complexity index is 334. The lowest BCUT2D eigenvalue weighted by Gasteiger charge is -2.08. The third-order valence-corrected chi connectivity index (χ3v) is 2.91. The Hall–Kier alpha value is -1.19. The van der Waals surface area contributed by atoms with Crippen LogP contribution in [0.2, 0.25) is 0 Å². The normalized spacial score (nSPS) is 10.8. The maximum Gasteiger partial charge on any atom is 0.236 e. The van der Waals surface area contributed by atoms with E-state index in [0.29, 0.717) is 5.69 Å². The van der Waals surface area contributed by atoms with Gasteiger partial charge in [0.2, 0.25) is 5.88 Å². The molecule has 4 nitrogen and oxygen atoms in total. The minimum Gasteiger partial charge on any atom is -0.476 e. The van der Waals surface area contributed by atoms with E-state index in [-0.39, 0.29) is 0 Å². The van der Waals surface area contributed by atoms with Gasteiger partial charge < -0.3 is 10.5 Å². The predicted molar refractivity (Wildman–Crippen MR) is 71.3 cm³/mol. The van der Waals surface area contributed by atoms with Gasteiger partial charge in [-0.1, -0.05) is 32.6 Å². The van der Waals surface area contributed by atoms with Crippen LogP contribution < -0.4 is 10.5 Å². The summed E-state index contributed by atoms with van der Waals surface area (Å²) in [6.45, 7) is 7.71. The highest BCUT2D eigenvalue weighted by atomic mass is 16.5. The first-order chi connectivity index (χ1) is 8.20. The summed E-state index contributed by atoms with van der Waals surface area (Å²) in [5, 5.41) is 4.32. The fourth-order valence-corrected chi connectivity index (χ4v) is 1.82. The molecule has 0 unspecified atom stereocenters. The molecule has 2 N–H and O–H groups in total. The molecule has 4 heteroatoms. The largest absolute Gasteiger partial charge is 0.476 e. The van der Waals surface area contributed by atoms with E-state index in [1.165, 1.54) is 25.7 Å². The van der Waals surface area contributed by atoms with E-state index in [1.54, 1.807) is 0 Å². The lowest BCUT2D eigenvalue weighted by molar-refractivity contribution is 0.276. The molecule has 0 fully saturated rings. The molecule has 0 aromatic carbocycles. The van der Waals surface area contributed by atoms with Gasteiger partial charge in [0.25, 0.3) is 0 Å². The van der Waals surface area contributed by atoms with E-state index in [0.717, 1.165) is 31.1 Å². The zero-order valence-electron chi connectivity index (χ0n) is 11.3. The number of aromatic nitrogens is 2. The maximum atomic E-state index is 5.93. The van der Waals surface area contributed by atoms with Crippen molar-refractivity contribution in [3.05, 3.63) is 5.69 Å². The summed E-state index contributed by atoms with van der Waals surface area (Å²) >= 11 is 0. The number of hydrogen-bond acceptors (Lipinski definition) is 3. The molecule has 0 radical (unpaired) electrons. The molecule has 1 rings (SSSR count). The van der Waals surface area contributed by atoms with Gasteiger partial charge in [-0.2, -0.15) is 5.10 Å². The molecule has 1 heterocycles. The van der Waals surface area contributed by atoms with Crippen LogP contribution in [0.1, 0.15) is 51.6 Å². The highest BCUT2D eigenvalue weighted by molar-refractivity contribution is 5.52. The Labute approximate surface area is 104 Å². The standard InChI is InChI=1S/C13H25N3O/c1-4-6-7-8-9-10-17-13-12(14)11(3)15-16(13)5-2/h4-10,14H2,1-3H3. The van der Waals surface area contributed by atoms with E-state index >= 15 is 0 Å². The molecule has 0 bridgehead atoms. The van der Waals surface area contributed by atoms with Crippen LogP contribution in [-0.4, -0.2) is 16.4 Å². The van der Waals surface area contributed by atoms with E-state index in [4.69, 9.17) is 10.5 Å². The Morgan fingerprint density at radius 2 is 1.88 bits per heavy atom. The fraction of sp³-hybridized carbons (Fsp3) is 0.769. The van der Waals surface area contributed by atoms with Gasteiger partial charge in [-0.05, 0) is 20.3 Å². The Kier molecular flexibility index (Phi) is 5.87. The molecule has 0 spiro atoms. The molecule has 1 aromatic heterocycles. The first-order valence-corrected chi connectivity index (χ1v) is 6.66. The second-order valence-corrected chi connectivity index (χ2v) is 4.38. The van der Waals surface area contributed by atoms with E-state index in [1.807, 2.05) is 18.5 Å². The van der Waals surface area contributed by atoms with Crippen LogP contribution in [0.15, 0.2) is 0 Å². The minimum atomic E-state index is 0.681. The van der Waals surface area contributed by atoms with E-state index in [2.05, 4.69) is 12.0 Å². The Morgan fingerprint density at radius 3 is 2.53 bits per heavy atom. The van der Waals surface area contributed by atoms with Crippen LogP contribution in [0.4, 0.5) is 5.69 Å². The average molecular weight is 239 g/mol. The van der Waals surface area contributed by atoms with Crippen LogP contribution in [0, 0.1) is 6.92 Å². The fourth-order valence-electron chi connectivity index (χ4n) is 1.82. The first-order valence-electron chi connectivity index (χ1n) is 6.66. The van der Waals surface area contributed by atoms with Crippen molar-refractivity contribution in [2.75, 3.05) is 12.3 Å². The van der Waals surface area contributed by atoms with Crippen LogP contribution >= 0.6 is 0 Å². The second kappa shape index (κ2) is 7.20. The topological polar surface area (TPSA) is 53.1 Å². The molecular weight excluding hydrogens is 214 g/mol. The number of rotatable bonds is 8. The Balaban J connectivity index is 2.35. The molecular formula is C13H25N3O. The van der Waals surface area contributed by atoms with Crippen molar-refractivity contribution in [1.29, 1.82) is 0 Å².